The fourth-order valence-corrected chi connectivity index (χ4v) is 3.99. The number of anilines is 1. The molecule has 0 unspecified atom stereocenters. The number of carbonyl (C=O) groups is 1. The molecular weight excluding hydrogens is 407 g/mol. The van der Waals surface area contributed by atoms with Crippen LogP contribution in [-0.2, 0) is 6.18 Å². The van der Waals surface area contributed by atoms with E-state index in [0.29, 0.717) is 42.6 Å². The Morgan fingerprint density at radius 3 is 2.61 bits per heavy atom. The average molecular weight is 427 g/mol. The summed E-state index contributed by atoms with van der Waals surface area (Å²) in [5.74, 6) is -0.169. The second-order valence-electron chi connectivity index (χ2n) is 7.64. The zero-order valence-electron chi connectivity index (χ0n) is 16.5. The van der Waals surface area contributed by atoms with Crippen LogP contribution in [0.5, 0.6) is 0 Å². The first-order valence-corrected chi connectivity index (χ1v) is 9.96. The van der Waals surface area contributed by atoms with E-state index in [0.717, 1.165) is 11.5 Å². The number of halogens is 3. The van der Waals surface area contributed by atoms with Crippen molar-refractivity contribution in [3.8, 4) is 6.07 Å². The molecule has 6 nitrogen and oxygen atoms in total. The summed E-state index contributed by atoms with van der Waals surface area (Å²) >= 11 is 0. The second kappa shape index (κ2) is 8.30. The quantitative estimate of drug-likeness (QED) is 0.567. The summed E-state index contributed by atoms with van der Waals surface area (Å²) in [7, 11) is 0. The number of hydrogen-bond acceptors (Lipinski definition) is 4. The molecule has 3 aromatic rings. The van der Waals surface area contributed by atoms with Crippen LogP contribution < -0.4 is 10.6 Å². The monoisotopic (exact) mass is 427 g/mol. The van der Waals surface area contributed by atoms with E-state index in [-0.39, 0.29) is 18.0 Å². The van der Waals surface area contributed by atoms with Gasteiger partial charge in [0.1, 0.15) is 5.65 Å². The van der Waals surface area contributed by atoms with E-state index in [1.807, 2.05) is 6.07 Å². The zero-order chi connectivity index (χ0) is 22.0. The number of H-pyrrole nitrogens is 1. The number of rotatable bonds is 4. The molecule has 0 radical (unpaired) electrons. The van der Waals surface area contributed by atoms with Crippen LogP contribution in [-0.4, -0.2) is 28.0 Å². The van der Waals surface area contributed by atoms with Crippen LogP contribution >= 0.6 is 0 Å². The number of nitrogens with zero attached hydrogens (tertiary/aromatic N) is 2. The predicted octanol–water partition coefficient (Wildman–Crippen LogP) is 4.61. The number of aromatic nitrogens is 2. The Hall–Kier alpha value is -3.54. The smallest absolute Gasteiger partial charge is 0.382 e. The summed E-state index contributed by atoms with van der Waals surface area (Å²) in [6.07, 6.45) is 1.56. The van der Waals surface area contributed by atoms with Gasteiger partial charge in [0, 0.05) is 35.6 Å². The number of nitriles is 1. The zero-order valence-corrected chi connectivity index (χ0v) is 16.5. The minimum atomic E-state index is -4.58. The Bertz CT molecular complexity index is 1140. The number of fused-ring (bicyclic) bond motifs is 1. The third kappa shape index (κ3) is 4.48. The molecule has 2 aromatic heterocycles. The molecule has 0 aliphatic heterocycles. The number of hydrogen-bond donors (Lipinski definition) is 3. The first-order valence-electron chi connectivity index (χ1n) is 9.96. The van der Waals surface area contributed by atoms with E-state index in [1.54, 1.807) is 24.5 Å². The highest BCUT2D eigenvalue weighted by atomic mass is 19.4. The fourth-order valence-electron chi connectivity index (χ4n) is 3.99. The normalized spacial score (nSPS) is 19.0. The van der Waals surface area contributed by atoms with E-state index in [1.165, 1.54) is 12.1 Å². The summed E-state index contributed by atoms with van der Waals surface area (Å²) in [6, 6.07) is 8.86. The summed E-state index contributed by atoms with van der Waals surface area (Å²) in [5, 5.41) is 15.9. The van der Waals surface area contributed by atoms with E-state index >= 15 is 0 Å². The van der Waals surface area contributed by atoms with Crippen LogP contribution in [0.4, 0.5) is 18.9 Å². The van der Waals surface area contributed by atoms with Gasteiger partial charge in [-0.15, -0.1) is 0 Å². The highest BCUT2D eigenvalue weighted by Gasteiger charge is 2.34. The van der Waals surface area contributed by atoms with Crippen molar-refractivity contribution in [2.45, 2.75) is 43.9 Å². The molecule has 0 spiro atoms. The molecule has 4 rings (SSSR count). The number of pyridine rings is 1. The van der Waals surface area contributed by atoms with Gasteiger partial charge < -0.3 is 15.6 Å². The maximum absolute atomic E-state index is 13.2. The Balaban J connectivity index is 1.35. The van der Waals surface area contributed by atoms with Crippen LogP contribution in [0.3, 0.4) is 0 Å². The van der Waals surface area contributed by atoms with Crippen molar-refractivity contribution in [3.05, 3.63) is 59.4 Å². The first kappa shape index (κ1) is 20.7. The number of nitrogens with one attached hydrogen (secondary N) is 3. The summed E-state index contributed by atoms with van der Waals surface area (Å²) in [5.41, 5.74) is 0.207. The summed E-state index contributed by atoms with van der Waals surface area (Å²) in [4.78, 5) is 19.8. The van der Waals surface area contributed by atoms with Gasteiger partial charge in [0.2, 0.25) is 0 Å². The minimum Gasteiger partial charge on any atom is -0.382 e. The molecule has 9 heteroatoms. The topological polar surface area (TPSA) is 93.6 Å². The van der Waals surface area contributed by atoms with Gasteiger partial charge in [-0.25, -0.2) is 4.98 Å². The van der Waals surface area contributed by atoms with E-state index in [4.69, 9.17) is 5.26 Å². The lowest BCUT2D eigenvalue weighted by Crippen LogP contribution is -2.40. The van der Waals surface area contributed by atoms with Crippen LogP contribution in [0.15, 0.2) is 42.7 Å². The van der Waals surface area contributed by atoms with Crippen molar-refractivity contribution in [1.29, 1.82) is 5.26 Å². The molecule has 0 atom stereocenters. The molecular formula is C22H20F3N5O. The maximum Gasteiger partial charge on any atom is 0.417 e. The SMILES string of the molecule is N#Cc1ccc(NC2CCC(NC(=O)c3c[nH]c4ncccc34)CC2)cc1C(F)(F)F. The van der Waals surface area contributed by atoms with Crippen molar-refractivity contribution >= 4 is 22.6 Å². The number of benzene rings is 1. The molecule has 0 bridgehead atoms. The van der Waals surface area contributed by atoms with Gasteiger partial charge in [0.15, 0.2) is 0 Å². The van der Waals surface area contributed by atoms with Gasteiger partial charge >= 0.3 is 6.18 Å². The van der Waals surface area contributed by atoms with Gasteiger partial charge in [-0.1, -0.05) is 0 Å². The predicted molar refractivity (Wildman–Crippen MR) is 109 cm³/mol. The third-order valence-corrected chi connectivity index (χ3v) is 5.57. The van der Waals surface area contributed by atoms with Crippen molar-refractivity contribution in [1.82, 2.24) is 15.3 Å². The van der Waals surface area contributed by atoms with E-state index in [9.17, 15) is 18.0 Å². The molecule has 1 aromatic carbocycles. The van der Waals surface area contributed by atoms with Crippen molar-refractivity contribution < 1.29 is 18.0 Å². The van der Waals surface area contributed by atoms with Crippen molar-refractivity contribution in [2.24, 2.45) is 0 Å². The molecule has 2 heterocycles. The molecule has 160 valence electrons. The Labute approximate surface area is 176 Å². The fraction of sp³-hybridized carbons (Fsp3) is 0.318. The third-order valence-electron chi connectivity index (χ3n) is 5.57. The molecule has 1 saturated carbocycles. The number of alkyl halides is 3. The van der Waals surface area contributed by atoms with Crippen LogP contribution in [0, 0.1) is 11.3 Å². The highest BCUT2D eigenvalue weighted by molar-refractivity contribution is 6.05. The standard InChI is InChI=1S/C22H20F3N5O/c23-22(24,25)19-10-16(4-3-13(19)11-26)29-14-5-7-15(8-6-14)30-21(31)18-12-28-20-17(18)2-1-9-27-20/h1-4,9-10,12,14-15,29H,5-8H2,(H,27,28)(H,30,31). The van der Waals surface area contributed by atoms with Crippen molar-refractivity contribution in [3.63, 3.8) is 0 Å². The average Bonchev–Trinajstić information content (AvgIpc) is 3.19. The summed E-state index contributed by atoms with van der Waals surface area (Å²) < 4.78 is 39.5. The van der Waals surface area contributed by atoms with Gasteiger partial charge in [0.25, 0.3) is 5.91 Å². The molecule has 1 aliphatic carbocycles. The molecule has 1 aliphatic rings. The Kier molecular flexibility index (Phi) is 5.55. The lowest BCUT2D eigenvalue weighted by molar-refractivity contribution is -0.137. The lowest BCUT2D eigenvalue weighted by atomic mass is 9.90. The first-order chi connectivity index (χ1) is 14.8. The molecule has 0 saturated heterocycles. The van der Waals surface area contributed by atoms with E-state index < -0.39 is 17.3 Å². The number of aromatic amines is 1. The van der Waals surface area contributed by atoms with Gasteiger partial charge in [-0.3, -0.25) is 4.79 Å². The molecule has 1 fully saturated rings. The second-order valence-corrected chi connectivity index (χ2v) is 7.64. The van der Waals surface area contributed by atoms with Gasteiger partial charge in [-0.2, -0.15) is 18.4 Å². The van der Waals surface area contributed by atoms with Crippen LogP contribution in [0.25, 0.3) is 11.0 Å². The Morgan fingerprint density at radius 2 is 1.90 bits per heavy atom. The van der Waals surface area contributed by atoms with E-state index in [2.05, 4.69) is 20.6 Å². The largest absolute Gasteiger partial charge is 0.417 e. The Morgan fingerprint density at radius 1 is 1.16 bits per heavy atom. The molecule has 31 heavy (non-hydrogen) atoms. The minimum absolute atomic E-state index is 0.000500. The number of carbonyl (C=O) groups excluding carboxylic acids is 1. The van der Waals surface area contributed by atoms with Gasteiger partial charge in [-0.05, 0) is 56.0 Å². The lowest BCUT2D eigenvalue weighted by Gasteiger charge is -2.30. The highest BCUT2D eigenvalue weighted by Crippen LogP contribution is 2.34. The molecule has 1 amide bonds. The van der Waals surface area contributed by atoms with Crippen molar-refractivity contribution in [2.75, 3.05) is 5.32 Å². The van der Waals surface area contributed by atoms with Crippen LogP contribution in [0.2, 0.25) is 0 Å². The maximum atomic E-state index is 13.2. The van der Waals surface area contributed by atoms with Crippen LogP contribution in [0.1, 0.15) is 47.2 Å². The van der Waals surface area contributed by atoms with Gasteiger partial charge in [0.05, 0.1) is 22.8 Å². The number of amides is 1. The molecule has 3 N–H and O–H groups in total. The summed E-state index contributed by atoms with van der Waals surface area (Å²) in [6.45, 7) is 0.